The number of aromatic hydroxyl groups is 1. The lowest BCUT2D eigenvalue weighted by Crippen LogP contribution is -1.96. The maximum atomic E-state index is 9.13. The third kappa shape index (κ3) is 2.76. The Kier molecular flexibility index (Phi) is 3.81. The van der Waals surface area contributed by atoms with Crippen molar-refractivity contribution in [3.05, 3.63) is 36.8 Å². The number of phenolic OH excluding ortho intramolecular Hbond substituents is 1. The lowest BCUT2D eigenvalue weighted by molar-refractivity contribution is 0.474. The molecule has 0 fully saturated rings. The summed E-state index contributed by atoms with van der Waals surface area (Å²) in [6.07, 6.45) is 3.29. The van der Waals surface area contributed by atoms with Gasteiger partial charge < -0.3 is 5.11 Å². The van der Waals surface area contributed by atoms with Gasteiger partial charge in [0.25, 0.3) is 0 Å². The standard InChI is InChI=1S/C12H17O/c1-3-5-10(4-2)11-6-8-12(13)9-7-11/h6-10,13H,2-5H2,1H3. The molecule has 0 bridgehead atoms. The van der Waals surface area contributed by atoms with Crippen LogP contribution in [0.1, 0.15) is 37.7 Å². The molecule has 0 heterocycles. The molecule has 0 aliphatic heterocycles. The van der Waals surface area contributed by atoms with Crippen LogP contribution in [0.5, 0.6) is 5.75 Å². The summed E-state index contributed by atoms with van der Waals surface area (Å²) in [5.41, 5.74) is 1.29. The van der Waals surface area contributed by atoms with Crippen molar-refractivity contribution in [3.8, 4) is 5.75 Å². The van der Waals surface area contributed by atoms with Gasteiger partial charge in [-0.15, -0.1) is 0 Å². The molecule has 0 aliphatic rings. The Labute approximate surface area is 80.4 Å². The van der Waals surface area contributed by atoms with E-state index >= 15 is 0 Å². The van der Waals surface area contributed by atoms with E-state index in [1.54, 1.807) is 12.1 Å². The zero-order valence-corrected chi connectivity index (χ0v) is 8.16. The van der Waals surface area contributed by atoms with Gasteiger partial charge in [0.05, 0.1) is 0 Å². The van der Waals surface area contributed by atoms with Gasteiger partial charge in [0, 0.05) is 0 Å². The molecule has 1 nitrogen and oxygen atoms in total. The van der Waals surface area contributed by atoms with Crippen LogP contribution in [0.4, 0.5) is 0 Å². The highest BCUT2D eigenvalue weighted by Gasteiger charge is 2.07. The molecular formula is C12H17O. The third-order valence-corrected chi connectivity index (χ3v) is 2.35. The van der Waals surface area contributed by atoms with Crippen molar-refractivity contribution in [3.63, 3.8) is 0 Å². The molecule has 1 N–H and O–H groups in total. The van der Waals surface area contributed by atoms with Crippen molar-refractivity contribution in [2.75, 3.05) is 0 Å². The Morgan fingerprint density at radius 3 is 2.38 bits per heavy atom. The SMILES string of the molecule is [CH2]CC(CCC)c1ccc(O)cc1. The van der Waals surface area contributed by atoms with Gasteiger partial charge in [-0.3, -0.25) is 0 Å². The van der Waals surface area contributed by atoms with Crippen molar-refractivity contribution in [1.82, 2.24) is 0 Å². The molecular weight excluding hydrogens is 160 g/mol. The van der Waals surface area contributed by atoms with Gasteiger partial charge in [0.2, 0.25) is 0 Å². The van der Waals surface area contributed by atoms with Crippen LogP contribution in [-0.4, -0.2) is 5.11 Å². The van der Waals surface area contributed by atoms with E-state index in [1.165, 1.54) is 18.4 Å². The monoisotopic (exact) mass is 177 g/mol. The molecule has 0 aliphatic carbocycles. The van der Waals surface area contributed by atoms with E-state index in [1.807, 2.05) is 12.1 Å². The zero-order valence-electron chi connectivity index (χ0n) is 8.16. The molecule has 0 saturated carbocycles. The normalized spacial score (nSPS) is 12.8. The average Bonchev–Trinajstić information content (AvgIpc) is 2.16. The maximum Gasteiger partial charge on any atom is 0.115 e. The highest BCUT2D eigenvalue weighted by molar-refractivity contribution is 5.28. The molecule has 0 saturated heterocycles. The minimum Gasteiger partial charge on any atom is -0.508 e. The summed E-state index contributed by atoms with van der Waals surface area (Å²) < 4.78 is 0. The Morgan fingerprint density at radius 2 is 1.92 bits per heavy atom. The van der Waals surface area contributed by atoms with Crippen molar-refractivity contribution < 1.29 is 5.11 Å². The van der Waals surface area contributed by atoms with Crippen LogP contribution in [0, 0.1) is 6.92 Å². The molecule has 0 spiro atoms. The summed E-state index contributed by atoms with van der Waals surface area (Å²) in [6.45, 7) is 6.12. The Balaban J connectivity index is 2.73. The zero-order chi connectivity index (χ0) is 9.68. The molecule has 0 amide bonds. The molecule has 1 aromatic rings. The molecule has 1 unspecified atom stereocenters. The largest absolute Gasteiger partial charge is 0.508 e. The van der Waals surface area contributed by atoms with E-state index in [0.717, 1.165) is 6.42 Å². The second kappa shape index (κ2) is 4.90. The smallest absolute Gasteiger partial charge is 0.115 e. The van der Waals surface area contributed by atoms with E-state index in [0.29, 0.717) is 11.7 Å². The van der Waals surface area contributed by atoms with Gasteiger partial charge in [-0.25, -0.2) is 0 Å². The number of rotatable bonds is 4. The topological polar surface area (TPSA) is 20.2 Å². The van der Waals surface area contributed by atoms with Crippen LogP contribution in [-0.2, 0) is 0 Å². The van der Waals surface area contributed by atoms with Gasteiger partial charge in [0.15, 0.2) is 0 Å². The quantitative estimate of drug-likeness (QED) is 0.746. The summed E-state index contributed by atoms with van der Waals surface area (Å²) in [6, 6.07) is 7.46. The Hall–Kier alpha value is -0.980. The summed E-state index contributed by atoms with van der Waals surface area (Å²) in [5.74, 6) is 0.883. The summed E-state index contributed by atoms with van der Waals surface area (Å²) in [5, 5.41) is 9.13. The number of hydrogen-bond donors (Lipinski definition) is 1. The molecule has 13 heavy (non-hydrogen) atoms. The van der Waals surface area contributed by atoms with Crippen LogP contribution < -0.4 is 0 Å². The first-order chi connectivity index (χ1) is 6.27. The van der Waals surface area contributed by atoms with E-state index in [-0.39, 0.29) is 0 Å². The number of phenols is 1. The first-order valence-electron chi connectivity index (χ1n) is 4.86. The fourth-order valence-electron chi connectivity index (χ4n) is 1.57. The Bertz CT molecular complexity index is 238. The van der Waals surface area contributed by atoms with Gasteiger partial charge in [0.1, 0.15) is 5.75 Å². The first-order valence-corrected chi connectivity index (χ1v) is 4.86. The number of hydrogen-bond acceptors (Lipinski definition) is 1. The highest BCUT2D eigenvalue weighted by atomic mass is 16.3. The molecule has 1 atom stereocenters. The molecule has 1 heteroatoms. The molecule has 1 aromatic carbocycles. The van der Waals surface area contributed by atoms with Gasteiger partial charge >= 0.3 is 0 Å². The summed E-state index contributed by atoms with van der Waals surface area (Å²) in [7, 11) is 0. The van der Waals surface area contributed by atoms with Crippen LogP contribution >= 0.6 is 0 Å². The van der Waals surface area contributed by atoms with E-state index in [4.69, 9.17) is 5.11 Å². The van der Waals surface area contributed by atoms with Crippen LogP contribution in [0.25, 0.3) is 0 Å². The van der Waals surface area contributed by atoms with Crippen molar-refractivity contribution in [2.45, 2.75) is 32.1 Å². The summed E-state index contributed by atoms with van der Waals surface area (Å²) >= 11 is 0. The van der Waals surface area contributed by atoms with Crippen LogP contribution in [0.3, 0.4) is 0 Å². The second-order valence-corrected chi connectivity index (χ2v) is 3.37. The molecule has 1 radical (unpaired) electrons. The highest BCUT2D eigenvalue weighted by Crippen LogP contribution is 2.25. The predicted octanol–water partition coefficient (Wildman–Crippen LogP) is 3.50. The van der Waals surface area contributed by atoms with Crippen molar-refractivity contribution in [1.29, 1.82) is 0 Å². The second-order valence-electron chi connectivity index (χ2n) is 3.37. The van der Waals surface area contributed by atoms with Crippen LogP contribution in [0.2, 0.25) is 0 Å². The lowest BCUT2D eigenvalue weighted by atomic mass is 9.92. The number of benzene rings is 1. The molecule has 1 rings (SSSR count). The fourth-order valence-corrected chi connectivity index (χ4v) is 1.57. The minimum atomic E-state index is 0.336. The summed E-state index contributed by atoms with van der Waals surface area (Å²) in [4.78, 5) is 0. The Morgan fingerprint density at radius 1 is 1.31 bits per heavy atom. The molecule has 71 valence electrons. The lowest BCUT2D eigenvalue weighted by Gasteiger charge is -2.13. The maximum absolute atomic E-state index is 9.13. The van der Waals surface area contributed by atoms with Crippen LogP contribution in [0.15, 0.2) is 24.3 Å². The first kappa shape index (κ1) is 10.1. The van der Waals surface area contributed by atoms with Gasteiger partial charge in [-0.2, -0.15) is 0 Å². The average molecular weight is 177 g/mol. The van der Waals surface area contributed by atoms with E-state index in [9.17, 15) is 0 Å². The van der Waals surface area contributed by atoms with E-state index < -0.39 is 0 Å². The van der Waals surface area contributed by atoms with Crippen molar-refractivity contribution in [2.24, 2.45) is 0 Å². The van der Waals surface area contributed by atoms with Gasteiger partial charge in [-0.1, -0.05) is 32.4 Å². The van der Waals surface area contributed by atoms with Gasteiger partial charge in [-0.05, 0) is 36.5 Å². The third-order valence-electron chi connectivity index (χ3n) is 2.35. The minimum absolute atomic E-state index is 0.336. The van der Waals surface area contributed by atoms with E-state index in [2.05, 4.69) is 13.8 Å². The molecule has 0 aromatic heterocycles. The predicted molar refractivity (Wildman–Crippen MR) is 55.7 cm³/mol. The fraction of sp³-hybridized carbons (Fsp3) is 0.417. The van der Waals surface area contributed by atoms with Crippen molar-refractivity contribution >= 4 is 0 Å².